The Kier molecular flexibility index (Phi) is 2.40. The number of H-pyrrole nitrogens is 1. The molecule has 6 nitrogen and oxygen atoms in total. The van der Waals surface area contributed by atoms with Crippen molar-refractivity contribution in [2.45, 2.75) is 0 Å². The maximum atomic E-state index is 11.7. The Balaban J connectivity index is 2.27. The van der Waals surface area contributed by atoms with Crippen molar-refractivity contribution in [1.29, 1.82) is 0 Å². The monoisotopic (exact) mass is 204 g/mol. The molecule has 0 aromatic carbocycles. The molecule has 0 saturated heterocycles. The van der Waals surface area contributed by atoms with Crippen molar-refractivity contribution in [2.75, 3.05) is 7.11 Å². The third-order valence-corrected chi connectivity index (χ3v) is 1.79. The van der Waals surface area contributed by atoms with Gasteiger partial charge in [0.25, 0.3) is 0 Å². The lowest BCUT2D eigenvalue weighted by molar-refractivity contribution is 0.102. The summed E-state index contributed by atoms with van der Waals surface area (Å²) in [5.41, 5.74) is 0.366. The number of hydrogen-bond acceptors (Lipinski definition) is 5. The van der Waals surface area contributed by atoms with Crippen LogP contribution in [-0.4, -0.2) is 32.8 Å². The fourth-order valence-corrected chi connectivity index (χ4v) is 1.07. The number of ketones is 1. The largest absolute Gasteiger partial charge is 0.467 e. The van der Waals surface area contributed by atoms with Gasteiger partial charge < -0.3 is 9.72 Å². The van der Waals surface area contributed by atoms with Crippen LogP contribution in [0.25, 0.3) is 0 Å². The number of aromatic amines is 1. The molecule has 0 aliphatic carbocycles. The molecule has 2 rings (SSSR count). The summed E-state index contributed by atoms with van der Waals surface area (Å²) in [7, 11) is 1.46. The van der Waals surface area contributed by atoms with E-state index in [2.05, 4.69) is 19.9 Å². The zero-order valence-electron chi connectivity index (χ0n) is 7.97. The standard InChI is InChI=1S/C9H8N4O2/c1-15-9-12-4-6(5-13-9)7(14)8-10-2-3-11-8/h2-5H,1H3,(H,10,11). The van der Waals surface area contributed by atoms with Gasteiger partial charge in [0, 0.05) is 24.8 Å². The highest BCUT2D eigenvalue weighted by molar-refractivity contribution is 6.06. The van der Waals surface area contributed by atoms with Gasteiger partial charge in [0.2, 0.25) is 5.78 Å². The number of carbonyl (C=O) groups is 1. The Hall–Kier alpha value is -2.24. The number of aromatic nitrogens is 4. The second-order valence-electron chi connectivity index (χ2n) is 2.73. The minimum atomic E-state index is -0.248. The van der Waals surface area contributed by atoms with E-state index in [-0.39, 0.29) is 17.6 Å². The van der Waals surface area contributed by atoms with Gasteiger partial charge in [-0.15, -0.1) is 0 Å². The van der Waals surface area contributed by atoms with Crippen LogP contribution in [0.15, 0.2) is 24.8 Å². The van der Waals surface area contributed by atoms with Crippen molar-refractivity contribution >= 4 is 5.78 Å². The number of rotatable bonds is 3. The van der Waals surface area contributed by atoms with Crippen LogP contribution in [0.3, 0.4) is 0 Å². The second kappa shape index (κ2) is 3.87. The average molecular weight is 204 g/mol. The van der Waals surface area contributed by atoms with Gasteiger partial charge >= 0.3 is 6.01 Å². The molecule has 0 saturated carbocycles. The predicted molar refractivity (Wildman–Crippen MR) is 50.6 cm³/mol. The van der Waals surface area contributed by atoms with Crippen LogP contribution < -0.4 is 4.74 Å². The van der Waals surface area contributed by atoms with Gasteiger partial charge in [-0.3, -0.25) is 4.79 Å². The molecule has 76 valence electrons. The number of nitrogens with one attached hydrogen (secondary N) is 1. The number of hydrogen-bond donors (Lipinski definition) is 1. The summed E-state index contributed by atoms with van der Waals surface area (Å²) in [5.74, 6) is 0.0198. The maximum Gasteiger partial charge on any atom is 0.316 e. The van der Waals surface area contributed by atoms with Crippen LogP contribution in [0.2, 0.25) is 0 Å². The minimum Gasteiger partial charge on any atom is -0.467 e. The quantitative estimate of drug-likeness (QED) is 0.733. The highest BCUT2D eigenvalue weighted by Gasteiger charge is 2.12. The van der Waals surface area contributed by atoms with Crippen molar-refractivity contribution in [3.05, 3.63) is 36.2 Å². The predicted octanol–water partition coefficient (Wildman–Crippen LogP) is 0.439. The third-order valence-electron chi connectivity index (χ3n) is 1.79. The summed E-state index contributed by atoms with van der Waals surface area (Å²) >= 11 is 0. The van der Waals surface area contributed by atoms with E-state index in [4.69, 9.17) is 4.74 Å². The molecule has 0 bridgehead atoms. The van der Waals surface area contributed by atoms with Crippen molar-refractivity contribution in [3.63, 3.8) is 0 Å². The fraction of sp³-hybridized carbons (Fsp3) is 0.111. The number of methoxy groups -OCH3 is 1. The Morgan fingerprint density at radius 2 is 2.07 bits per heavy atom. The number of carbonyl (C=O) groups excluding carboxylic acids is 1. The second-order valence-corrected chi connectivity index (χ2v) is 2.73. The minimum absolute atomic E-state index is 0.228. The van der Waals surface area contributed by atoms with Crippen LogP contribution in [0, 0.1) is 0 Å². The lowest BCUT2D eigenvalue weighted by Gasteiger charge is -1.98. The maximum absolute atomic E-state index is 11.7. The fourth-order valence-electron chi connectivity index (χ4n) is 1.07. The first-order valence-corrected chi connectivity index (χ1v) is 4.21. The molecule has 2 heterocycles. The van der Waals surface area contributed by atoms with E-state index in [1.165, 1.54) is 25.7 Å². The van der Waals surface area contributed by atoms with Gasteiger partial charge in [-0.25, -0.2) is 15.0 Å². The van der Waals surface area contributed by atoms with E-state index in [1.54, 1.807) is 6.20 Å². The van der Waals surface area contributed by atoms with E-state index in [0.29, 0.717) is 5.56 Å². The lowest BCUT2D eigenvalue weighted by Crippen LogP contribution is -2.05. The smallest absolute Gasteiger partial charge is 0.316 e. The third kappa shape index (κ3) is 1.83. The number of nitrogens with zero attached hydrogens (tertiary/aromatic N) is 3. The topological polar surface area (TPSA) is 80.8 Å². The molecule has 1 N–H and O–H groups in total. The molecule has 0 fully saturated rings. The summed E-state index contributed by atoms with van der Waals surface area (Å²) in [6.07, 6.45) is 5.89. The first-order valence-electron chi connectivity index (χ1n) is 4.21. The molecule has 0 radical (unpaired) electrons. The molecular formula is C9H8N4O2. The summed E-state index contributed by atoms with van der Waals surface area (Å²) < 4.78 is 4.78. The van der Waals surface area contributed by atoms with Gasteiger partial charge in [-0.05, 0) is 0 Å². The highest BCUT2D eigenvalue weighted by atomic mass is 16.5. The molecule has 2 aromatic rings. The molecular weight excluding hydrogens is 196 g/mol. The first-order chi connectivity index (χ1) is 7.31. The van der Waals surface area contributed by atoms with E-state index < -0.39 is 0 Å². The van der Waals surface area contributed by atoms with Crippen molar-refractivity contribution in [3.8, 4) is 6.01 Å². The summed E-state index contributed by atoms with van der Waals surface area (Å²) in [6.45, 7) is 0. The van der Waals surface area contributed by atoms with Crippen LogP contribution in [0.1, 0.15) is 16.2 Å². The van der Waals surface area contributed by atoms with Gasteiger partial charge in [-0.2, -0.15) is 0 Å². The van der Waals surface area contributed by atoms with Crippen LogP contribution >= 0.6 is 0 Å². The summed E-state index contributed by atoms with van der Waals surface area (Å²) in [4.78, 5) is 25.9. The van der Waals surface area contributed by atoms with Crippen molar-refractivity contribution in [1.82, 2.24) is 19.9 Å². The molecule has 0 atom stereocenters. The molecule has 2 aromatic heterocycles. The van der Waals surface area contributed by atoms with Gasteiger partial charge in [0.1, 0.15) is 0 Å². The van der Waals surface area contributed by atoms with Crippen LogP contribution in [0.4, 0.5) is 0 Å². The average Bonchev–Trinajstić information content (AvgIpc) is 2.82. The van der Waals surface area contributed by atoms with Crippen molar-refractivity contribution in [2.24, 2.45) is 0 Å². The van der Waals surface area contributed by atoms with E-state index in [1.807, 2.05) is 0 Å². The number of ether oxygens (including phenoxy) is 1. The highest BCUT2D eigenvalue weighted by Crippen LogP contribution is 2.05. The molecule has 0 aliphatic heterocycles. The van der Waals surface area contributed by atoms with E-state index >= 15 is 0 Å². The Morgan fingerprint density at radius 3 is 2.60 bits per heavy atom. The normalized spacial score (nSPS) is 9.93. The zero-order chi connectivity index (χ0) is 10.7. The van der Waals surface area contributed by atoms with Crippen LogP contribution in [-0.2, 0) is 0 Å². The molecule has 0 unspecified atom stereocenters. The van der Waals surface area contributed by atoms with Gasteiger partial charge in [0.05, 0.1) is 12.7 Å². The van der Waals surface area contributed by atoms with Gasteiger partial charge in [0.15, 0.2) is 5.82 Å². The SMILES string of the molecule is COc1ncc(C(=O)c2ncc[nH]2)cn1. The van der Waals surface area contributed by atoms with E-state index in [9.17, 15) is 4.79 Å². The summed E-state index contributed by atoms with van der Waals surface area (Å²) in [6, 6.07) is 0.228. The number of imidazole rings is 1. The summed E-state index contributed by atoms with van der Waals surface area (Å²) in [5, 5.41) is 0. The van der Waals surface area contributed by atoms with E-state index in [0.717, 1.165) is 0 Å². The van der Waals surface area contributed by atoms with Crippen LogP contribution in [0.5, 0.6) is 6.01 Å². The Morgan fingerprint density at radius 1 is 1.33 bits per heavy atom. The lowest BCUT2D eigenvalue weighted by atomic mass is 10.2. The Bertz CT molecular complexity index is 449. The Labute approximate surface area is 85.4 Å². The van der Waals surface area contributed by atoms with Crippen molar-refractivity contribution < 1.29 is 9.53 Å². The molecule has 0 aliphatic rings. The first kappa shape index (κ1) is 9.32. The molecule has 6 heteroatoms. The molecule has 0 amide bonds. The zero-order valence-corrected chi connectivity index (χ0v) is 7.97. The molecule has 0 spiro atoms. The van der Waals surface area contributed by atoms with Gasteiger partial charge in [-0.1, -0.05) is 0 Å². The molecule has 15 heavy (non-hydrogen) atoms.